The van der Waals surface area contributed by atoms with E-state index in [1.54, 1.807) is 6.07 Å². The molecular formula is C31H28BrClF3NO. The molecule has 0 aromatic heterocycles. The fraction of sp³-hybridized carbons (Fsp3) is 0.226. The minimum atomic E-state index is -4.51. The largest absolute Gasteiger partial charge is 0.494 e. The second-order valence-electron chi connectivity index (χ2n) is 9.04. The molecule has 0 unspecified atom stereocenters. The van der Waals surface area contributed by atoms with E-state index in [-0.39, 0.29) is 17.5 Å². The van der Waals surface area contributed by atoms with E-state index in [9.17, 15) is 13.2 Å². The number of benzene rings is 4. The van der Waals surface area contributed by atoms with Crippen molar-refractivity contribution >= 4 is 27.5 Å². The molecular weight excluding hydrogens is 575 g/mol. The van der Waals surface area contributed by atoms with E-state index in [1.165, 1.54) is 6.07 Å². The fourth-order valence-corrected chi connectivity index (χ4v) is 5.13. The van der Waals surface area contributed by atoms with Crippen LogP contribution >= 0.6 is 27.5 Å². The van der Waals surface area contributed by atoms with Crippen LogP contribution in [0, 0.1) is 0 Å². The van der Waals surface area contributed by atoms with Crippen LogP contribution < -0.4 is 4.74 Å². The molecule has 4 aromatic carbocycles. The molecule has 38 heavy (non-hydrogen) atoms. The summed E-state index contributed by atoms with van der Waals surface area (Å²) < 4.78 is 47.5. The summed E-state index contributed by atoms with van der Waals surface area (Å²) >= 11 is 9.74. The van der Waals surface area contributed by atoms with Gasteiger partial charge in [0.2, 0.25) is 0 Å². The summed E-state index contributed by atoms with van der Waals surface area (Å²) in [6, 6.07) is 32.1. The molecule has 0 amide bonds. The molecule has 0 radical (unpaired) electrons. The lowest BCUT2D eigenvalue weighted by Crippen LogP contribution is -2.31. The Morgan fingerprint density at radius 3 is 2.05 bits per heavy atom. The Hall–Kier alpha value is -2.80. The summed E-state index contributed by atoms with van der Waals surface area (Å²) in [5.74, 6) is 0.797. The van der Waals surface area contributed by atoms with E-state index < -0.39 is 11.7 Å². The van der Waals surface area contributed by atoms with Gasteiger partial charge in [-0.25, -0.2) is 0 Å². The van der Waals surface area contributed by atoms with Crippen LogP contribution in [0.3, 0.4) is 0 Å². The Bertz CT molecular complexity index is 1260. The zero-order valence-corrected chi connectivity index (χ0v) is 23.0. The minimum absolute atomic E-state index is 0.0352. The predicted octanol–water partition coefficient (Wildman–Crippen LogP) is 9.22. The lowest BCUT2D eigenvalue weighted by Gasteiger charge is -2.29. The summed E-state index contributed by atoms with van der Waals surface area (Å²) in [5, 5.41) is -0.244. The first-order valence-corrected chi connectivity index (χ1v) is 13.5. The highest BCUT2D eigenvalue weighted by Crippen LogP contribution is 2.37. The molecule has 0 aliphatic carbocycles. The predicted molar refractivity (Wildman–Crippen MR) is 151 cm³/mol. The highest BCUT2D eigenvalue weighted by Gasteiger charge is 2.34. The molecule has 198 valence electrons. The Kier molecular flexibility index (Phi) is 9.89. The van der Waals surface area contributed by atoms with Crippen molar-refractivity contribution in [3.05, 3.63) is 135 Å². The molecule has 0 heterocycles. The van der Waals surface area contributed by atoms with E-state index in [0.717, 1.165) is 27.4 Å². The second kappa shape index (κ2) is 13.3. The molecule has 0 spiro atoms. The second-order valence-corrected chi connectivity index (χ2v) is 10.3. The molecule has 4 aromatic rings. The standard InChI is InChI=1S/C31H28BrClF3NO/c32-26-15-8-16-27(20-26)38-19-9-18-37(21-25-14-7-17-29(30(25)33)31(34,35)36)22-28(23-10-3-1-4-11-23)24-12-5-2-6-13-24/h1-8,10-17,20,28H,9,18-19,21-22H2. The number of alkyl halides is 3. The van der Waals surface area contributed by atoms with Crippen molar-refractivity contribution in [2.24, 2.45) is 0 Å². The lowest BCUT2D eigenvalue weighted by molar-refractivity contribution is -0.137. The number of hydrogen-bond donors (Lipinski definition) is 0. The lowest BCUT2D eigenvalue weighted by atomic mass is 9.90. The fourth-order valence-electron chi connectivity index (χ4n) is 4.46. The third kappa shape index (κ3) is 7.85. The Morgan fingerprint density at radius 1 is 0.816 bits per heavy atom. The molecule has 0 atom stereocenters. The third-order valence-electron chi connectivity index (χ3n) is 6.31. The van der Waals surface area contributed by atoms with Gasteiger partial charge in [-0.1, -0.05) is 106 Å². The van der Waals surface area contributed by atoms with Crippen LogP contribution in [0.25, 0.3) is 0 Å². The van der Waals surface area contributed by atoms with Gasteiger partial charge in [0.25, 0.3) is 0 Å². The molecule has 0 N–H and O–H groups in total. The number of halogens is 5. The van der Waals surface area contributed by atoms with E-state index in [1.807, 2.05) is 60.7 Å². The maximum absolute atomic E-state index is 13.5. The molecule has 0 saturated carbocycles. The number of rotatable bonds is 11. The molecule has 7 heteroatoms. The molecule has 0 aliphatic heterocycles. The van der Waals surface area contributed by atoms with Gasteiger partial charge in [0, 0.05) is 30.0 Å². The van der Waals surface area contributed by atoms with Gasteiger partial charge in [-0.15, -0.1) is 0 Å². The van der Waals surface area contributed by atoms with Crippen molar-refractivity contribution in [3.63, 3.8) is 0 Å². The van der Waals surface area contributed by atoms with E-state index >= 15 is 0 Å². The quantitative estimate of drug-likeness (QED) is 0.159. The molecule has 2 nitrogen and oxygen atoms in total. The summed E-state index contributed by atoms with van der Waals surface area (Å²) in [4.78, 5) is 2.16. The first kappa shape index (κ1) is 28.2. The van der Waals surface area contributed by atoms with E-state index in [2.05, 4.69) is 45.1 Å². The van der Waals surface area contributed by atoms with Crippen molar-refractivity contribution in [1.29, 1.82) is 0 Å². The summed E-state index contributed by atoms with van der Waals surface area (Å²) in [5.41, 5.74) is 1.93. The molecule has 4 rings (SSSR count). The normalized spacial score (nSPS) is 11.8. The van der Waals surface area contributed by atoms with Crippen molar-refractivity contribution in [1.82, 2.24) is 4.90 Å². The van der Waals surface area contributed by atoms with Crippen LogP contribution in [0.4, 0.5) is 13.2 Å². The average Bonchev–Trinajstić information content (AvgIpc) is 2.91. The maximum atomic E-state index is 13.5. The van der Waals surface area contributed by atoms with Crippen molar-refractivity contribution in [2.75, 3.05) is 19.7 Å². The molecule has 0 fully saturated rings. The van der Waals surface area contributed by atoms with Gasteiger partial charge in [-0.2, -0.15) is 13.2 Å². The molecule has 0 aliphatic rings. The first-order valence-electron chi connectivity index (χ1n) is 12.4. The topological polar surface area (TPSA) is 12.5 Å². The van der Waals surface area contributed by atoms with Crippen LogP contribution in [0.1, 0.15) is 34.6 Å². The average molecular weight is 603 g/mol. The Balaban J connectivity index is 1.57. The van der Waals surface area contributed by atoms with Crippen LogP contribution in [0.2, 0.25) is 5.02 Å². The van der Waals surface area contributed by atoms with Crippen molar-refractivity contribution in [2.45, 2.75) is 25.1 Å². The van der Waals surface area contributed by atoms with Crippen LogP contribution in [0.5, 0.6) is 5.75 Å². The minimum Gasteiger partial charge on any atom is -0.494 e. The zero-order valence-electron chi connectivity index (χ0n) is 20.7. The van der Waals surface area contributed by atoms with E-state index in [0.29, 0.717) is 31.7 Å². The molecule has 0 saturated heterocycles. The first-order chi connectivity index (χ1) is 18.3. The Morgan fingerprint density at radius 2 is 1.45 bits per heavy atom. The van der Waals surface area contributed by atoms with Gasteiger partial charge in [0.15, 0.2) is 0 Å². The van der Waals surface area contributed by atoms with Crippen LogP contribution in [-0.4, -0.2) is 24.6 Å². The van der Waals surface area contributed by atoms with Gasteiger partial charge < -0.3 is 4.74 Å². The van der Waals surface area contributed by atoms with Gasteiger partial charge in [0.05, 0.1) is 17.2 Å². The van der Waals surface area contributed by atoms with E-state index in [4.69, 9.17) is 16.3 Å². The van der Waals surface area contributed by atoms with Crippen molar-refractivity contribution in [3.8, 4) is 5.75 Å². The van der Waals surface area contributed by atoms with Crippen LogP contribution in [-0.2, 0) is 12.7 Å². The summed E-state index contributed by atoms with van der Waals surface area (Å²) in [6.07, 6.45) is -3.81. The van der Waals surface area contributed by atoms with Gasteiger partial charge >= 0.3 is 6.18 Å². The number of hydrogen-bond acceptors (Lipinski definition) is 2. The summed E-state index contributed by atoms with van der Waals surface area (Å²) in [7, 11) is 0. The molecule has 0 bridgehead atoms. The Labute approximate surface area is 235 Å². The highest BCUT2D eigenvalue weighted by atomic mass is 79.9. The SMILES string of the molecule is FC(F)(F)c1cccc(CN(CCCOc2cccc(Br)c2)CC(c2ccccc2)c2ccccc2)c1Cl. The number of ether oxygens (including phenoxy) is 1. The number of nitrogens with zero attached hydrogens (tertiary/aromatic N) is 1. The smallest absolute Gasteiger partial charge is 0.417 e. The zero-order chi connectivity index (χ0) is 27.0. The van der Waals surface area contributed by atoms with Crippen LogP contribution in [0.15, 0.2) is 108 Å². The third-order valence-corrected chi connectivity index (χ3v) is 7.25. The van der Waals surface area contributed by atoms with Crippen molar-refractivity contribution < 1.29 is 17.9 Å². The van der Waals surface area contributed by atoms with Gasteiger partial charge in [-0.3, -0.25) is 4.90 Å². The highest BCUT2D eigenvalue weighted by molar-refractivity contribution is 9.10. The maximum Gasteiger partial charge on any atom is 0.417 e. The van der Waals surface area contributed by atoms with Gasteiger partial charge in [0.1, 0.15) is 5.75 Å². The van der Waals surface area contributed by atoms with Gasteiger partial charge in [-0.05, 0) is 47.4 Å². The monoisotopic (exact) mass is 601 g/mol. The summed E-state index contributed by atoms with van der Waals surface area (Å²) in [6.45, 7) is 1.99.